The minimum Gasteiger partial charge on any atom is -0.457 e. The highest BCUT2D eigenvalue weighted by Crippen LogP contribution is 2.47. The molecule has 0 saturated heterocycles. The number of esters is 1. The quantitative estimate of drug-likeness (QED) is 0.431. The van der Waals surface area contributed by atoms with E-state index in [-0.39, 0.29) is 5.97 Å². The van der Waals surface area contributed by atoms with Crippen LogP contribution in [0.2, 0.25) is 0 Å². The third-order valence-electron chi connectivity index (χ3n) is 4.46. The number of benzene rings is 1. The fraction of sp³-hybridized carbons (Fsp3) is 0.562. The molecule has 1 fully saturated rings. The molecule has 1 aliphatic rings. The lowest BCUT2D eigenvalue weighted by molar-refractivity contribution is -0.162. The lowest BCUT2D eigenvalue weighted by Crippen LogP contribution is -2.38. The van der Waals surface area contributed by atoms with Gasteiger partial charge in [-0.2, -0.15) is 0 Å². The van der Waals surface area contributed by atoms with Gasteiger partial charge in [-0.1, -0.05) is 29.5 Å². The van der Waals surface area contributed by atoms with E-state index in [1.54, 1.807) is 0 Å². The molecule has 2 aromatic rings. The van der Waals surface area contributed by atoms with E-state index < -0.39 is 9.02 Å². The maximum Gasteiger partial charge on any atom is 0.322 e. The first-order valence-corrected chi connectivity index (χ1v) is 8.29. The van der Waals surface area contributed by atoms with E-state index in [2.05, 4.69) is 22.6 Å². The van der Waals surface area contributed by atoms with E-state index in [4.69, 9.17) is 9.15 Å². The Balaban J connectivity index is 1.93. The normalized spacial score (nSPS) is 21.1. The number of carbonyl (C=O) groups is 1. The molecule has 1 aliphatic carbocycles. The van der Waals surface area contributed by atoms with Crippen molar-refractivity contribution >= 4 is 39.7 Å². The SMILES string of the molecule is CCC(C)(I)C(=O)OC1(c2cc3ccc2o3)CCCC1. The Labute approximate surface area is 132 Å². The van der Waals surface area contributed by atoms with Gasteiger partial charge in [-0.05, 0) is 57.2 Å². The molecule has 3 rings (SSSR count). The highest BCUT2D eigenvalue weighted by molar-refractivity contribution is 14.1. The second kappa shape index (κ2) is 4.90. The number of ether oxygens (including phenoxy) is 1. The predicted octanol–water partition coefficient (Wildman–Crippen LogP) is 4.79. The molecular weight excluding hydrogens is 367 g/mol. The highest BCUT2D eigenvalue weighted by atomic mass is 127. The van der Waals surface area contributed by atoms with Gasteiger partial charge in [-0.15, -0.1) is 0 Å². The maximum atomic E-state index is 12.5. The van der Waals surface area contributed by atoms with Crippen molar-refractivity contribution < 1.29 is 13.9 Å². The van der Waals surface area contributed by atoms with Crippen molar-refractivity contribution in [2.75, 3.05) is 0 Å². The Kier molecular flexibility index (Phi) is 3.47. The number of hydrogen-bond acceptors (Lipinski definition) is 3. The third kappa shape index (κ3) is 2.22. The predicted molar refractivity (Wildman–Crippen MR) is 86.4 cm³/mol. The summed E-state index contributed by atoms with van der Waals surface area (Å²) in [6.45, 7) is 3.95. The summed E-state index contributed by atoms with van der Waals surface area (Å²) in [6, 6.07) is 5.96. The van der Waals surface area contributed by atoms with Gasteiger partial charge in [-0.25, -0.2) is 0 Å². The molecule has 3 nitrogen and oxygen atoms in total. The van der Waals surface area contributed by atoms with Crippen LogP contribution in [0.25, 0.3) is 11.2 Å². The molecule has 0 aromatic carbocycles. The summed E-state index contributed by atoms with van der Waals surface area (Å²) in [5, 5.41) is 0. The molecular formula is C16H19IO3. The number of carbonyl (C=O) groups excluding carboxylic acids is 1. The molecule has 1 unspecified atom stereocenters. The van der Waals surface area contributed by atoms with E-state index >= 15 is 0 Å². The van der Waals surface area contributed by atoms with Gasteiger partial charge in [0, 0.05) is 5.56 Å². The second-order valence-electron chi connectivity index (χ2n) is 5.90. The van der Waals surface area contributed by atoms with Crippen LogP contribution in [0, 0.1) is 0 Å². The Morgan fingerprint density at radius 1 is 1.45 bits per heavy atom. The molecule has 2 heterocycles. The molecule has 4 heteroatoms. The summed E-state index contributed by atoms with van der Waals surface area (Å²) in [4.78, 5) is 12.5. The highest BCUT2D eigenvalue weighted by Gasteiger charge is 2.45. The van der Waals surface area contributed by atoms with E-state index in [0.29, 0.717) is 0 Å². The van der Waals surface area contributed by atoms with Crippen molar-refractivity contribution in [3.63, 3.8) is 0 Å². The van der Waals surface area contributed by atoms with Gasteiger partial charge in [0.15, 0.2) is 0 Å². The Morgan fingerprint density at radius 3 is 2.65 bits per heavy atom. The van der Waals surface area contributed by atoms with Crippen molar-refractivity contribution in [2.24, 2.45) is 0 Å². The molecule has 0 aliphatic heterocycles. The second-order valence-corrected chi connectivity index (χ2v) is 8.28. The monoisotopic (exact) mass is 386 g/mol. The summed E-state index contributed by atoms with van der Waals surface area (Å²) >= 11 is 2.19. The van der Waals surface area contributed by atoms with Crippen molar-refractivity contribution in [3.05, 3.63) is 23.8 Å². The number of halogens is 1. The van der Waals surface area contributed by atoms with Crippen molar-refractivity contribution in [2.45, 2.75) is 55.0 Å². The van der Waals surface area contributed by atoms with Crippen LogP contribution in [0.4, 0.5) is 0 Å². The lowest BCUT2D eigenvalue weighted by Gasteiger charge is -2.32. The zero-order valence-corrected chi connectivity index (χ0v) is 14.0. The Morgan fingerprint density at radius 2 is 2.15 bits per heavy atom. The van der Waals surface area contributed by atoms with Crippen LogP contribution in [0.5, 0.6) is 0 Å². The first-order valence-electron chi connectivity index (χ1n) is 7.22. The maximum absolute atomic E-state index is 12.5. The summed E-state index contributed by atoms with van der Waals surface area (Å²) < 4.78 is 11.2. The number of alkyl halides is 1. The fourth-order valence-corrected chi connectivity index (χ4v) is 3.06. The van der Waals surface area contributed by atoms with E-state index in [1.165, 1.54) is 0 Å². The van der Waals surface area contributed by atoms with Gasteiger partial charge >= 0.3 is 5.97 Å². The third-order valence-corrected chi connectivity index (χ3v) is 5.66. The van der Waals surface area contributed by atoms with E-state index in [1.807, 2.05) is 32.0 Å². The molecule has 1 atom stereocenters. The Bertz CT molecular complexity index is 608. The molecule has 0 N–H and O–H groups in total. The first-order chi connectivity index (χ1) is 9.47. The van der Waals surface area contributed by atoms with Gasteiger partial charge in [0.1, 0.15) is 20.2 Å². The molecule has 0 radical (unpaired) electrons. The molecule has 1 saturated carbocycles. The smallest absolute Gasteiger partial charge is 0.322 e. The van der Waals surface area contributed by atoms with Gasteiger partial charge < -0.3 is 9.15 Å². The largest absolute Gasteiger partial charge is 0.457 e. The minimum absolute atomic E-state index is 0.110. The van der Waals surface area contributed by atoms with Crippen LogP contribution < -0.4 is 0 Å². The number of hydrogen-bond donors (Lipinski definition) is 0. The van der Waals surface area contributed by atoms with Gasteiger partial charge in [0.2, 0.25) is 0 Å². The molecule has 108 valence electrons. The zero-order valence-electron chi connectivity index (χ0n) is 11.9. The van der Waals surface area contributed by atoms with E-state index in [0.717, 1.165) is 48.8 Å². The van der Waals surface area contributed by atoms with Gasteiger partial charge in [-0.3, -0.25) is 4.79 Å². The van der Waals surface area contributed by atoms with Crippen molar-refractivity contribution in [1.82, 2.24) is 0 Å². The first kappa shape index (κ1) is 14.2. The minimum atomic E-state index is -0.472. The van der Waals surface area contributed by atoms with Crippen LogP contribution in [-0.2, 0) is 15.1 Å². The fourth-order valence-electron chi connectivity index (χ4n) is 2.95. The van der Waals surface area contributed by atoms with E-state index in [9.17, 15) is 4.79 Å². The molecule has 20 heavy (non-hydrogen) atoms. The summed E-state index contributed by atoms with van der Waals surface area (Å²) in [5.41, 5.74) is 2.32. The topological polar surface area (TPSA) is 39.4 Å². The number of furan rings is 2. The molecule has 0 amide bonds. The summed E-state index contributed by atoms with van der Waals surface area (Å²) in [7, 11) is 0. The lowest BCUT2D eigenvalue weighted by atomic mass is 9.91. The molecule has 2 bridgehead atoms. The van der Waals surface area contributed by atoms with Gasteiger partial charge in [0.05, 0.1) is 0 Å². The summed E-state index contributed by atoms with van der Waals surface area (Å²) in [5.74, 6) is -0.110. The zero-order chi connectivity index (χ0) is 14.4. The molecule has 0 spiro atoms. The average Bonchev–Trinajstić information content (AvgIpc) is 3.14. The van der Waals surface area contributed by atoms with Crippen molar-refractivity contribution in [3.8, 4) is 0 Å². The van der Waals surface area contributed by atoms with Crippen LogP contribution >= 0.6 is 22.6 Å². The van der Waals surface area contributed by atoms with Crippen LogP contribution in [-0.4, -0.2) is 9.39 Å². The number of rotatable bonds is 4. The molecule has 2 aromatic heterocycles. The Hall–Kier alpha value is -0.780. The van der Waals surface area contributed by atoms with Crippen molar-refractivity contribution in [1.29, 1.82) is 0 Å². The van der Waals surface area contributed by atoms with Crippen LogP contribution in [0.1, 0.15) is 51.5 Å². The van der Waals surface area contributed by atoms with Gasteiger partial charge in [0.25, 0.3) is 0 Å². The van der Waals surface area contributed by atoms with Crippen LogP contribution in [0.3, 0.4) is 0 Å². The standard InChI is InChI=1S/C16H19IO3/c1-3-15(2,17)14(18)20-16(8-4-5-9-16)12-10-11-6-7-13(12)19-11/h6-7,10H,3-5,8-9H2,1-2H3. The summed E-state index contributed by atoms with van der Waals surface area (Å²) in [6.07, 6.45) is 4.76. The number of fused-ring (bicyclic) bond motifs is 2. The van der Waals surface area contributed by atoms with Crippen LogP contribution in [0.15, 0.2) is 22.6 Å². The average molecular weight is 386 g/mol.